The van der Waals surface area contributed by atoms with Gasteiger partial charge >= 0.3 is 0 Å². The third-order valence-corrected chi connectivity index (χ3v) is 5.71. The fourth-order valence-electron chi connectivity index (χ4n) is 3.81. The van der Waals surface area contributed by atoms with Crippen LogP contribution in [-0.4, -0.2) is 56.9 Å². The predicted octanol–water partition coefficient (Wildman–Crippen LogP) is 4.23. The summed E-state index contributed by atoms with van der Waals surface area (Å²) in [5.74, 6) is 0.0515. The highest BCUT2D eigenvalue weighted by atomic mass is 19.1. The number of methoxy groups -OCH3 is 2. The molecule has 1 saturated heterocycles. The SMILES string of the molecule is C=C(/C=C\C(=NC)c1ccccc1OC)N1CCC(NC(=O)c2ccc(OC)c(F)c2)CC1. The molecule has 0 radical (unpaired) electrons. The second-order valence-electron chi connectivity index (χ2n) is 7.72. The largest absolute Gasteiger partial charge is 0.496 e. The number of ether oxygens (including phenoxy) is 2. The van der Waals surface area contributed by atoms with Crippen LogP contribution in [0.5, 0.6) is 11.5 Å². The molecular weight excluding hydrogens is 421 g/mol. The third kappa shape index (κ3) is 6.00. The fraction of sp³-hybridized carbons (Fsp3) is 0.308. The van der Waals surface area contributed by atoms with Crippen LogP contribution < -0.4 is 14.8 Å². The van der Waals surface area contributed by atoms with Gasteiger partial charge in [0.1, 0.15) is 5.75 Å². The van der Waals surface area contributed by atoms with Crippen LogP contribution in [0.25, 0.3) is 0 Å². The number of halogens is 1. The number of allylic oxidation sites excluding steroid dienone is 2. The monoisotopic (exact) mass is 451 g/mol. The van der Waals surface area contributed by atoms with Crippen molar-refractivity contribution in [2.24, 2.45) is 4.99 Å². The molecule has 2 aromatic carbocycles. The summed E-state index contributed by atoms with van der Waals surface area (Å²) in [7, 11) is 4.78. The summed E-state index contributed by atoms with van der Waals surface area (Å²) in [5.41, 5.74) is 2.89. The minimum Gasteiger partial charge on any atom is -0.496 e. The highest BCUT2D eigenvalue weighted by Gasteiger charge is 2.22. The van der Waals surface area contributed by atoms with Crippen LogP contribution in [0.4, 0.5) is 4.39 Å². The van der Waals surface area contributed by atoms with Gasteiger partial charge in [-0.15, -0.1) is 0 Å². The van der Waals surface area contributed by atoms with Crippen molar-refractivity contribution in [2.45, 2.75) is 18.9 Å². The van der Waals surface area contributed by atoms with Gasteiger partial charge in [-0.1, -0.05) is 18.7 Å². The number of hydrogen-bond donors (Lipinski definition) is 1. The number of carbonyl (C=O) groups is 1. The number of piperidine rings is 1. The van der Waals surface area contributed by atoms with E-state index in [2.05, 4.69) is 21.8 Å². The number of para-hydroxylation sites is 1. The smallest absolute Gasteiger partial charge is 0.251 e. The summed E-state index contributed by atoms with van der Waals surface area (Å²) in [4.78, 5) is 19.1. The molecule has 0 atom stereocenters. The van der Waals surface area contributed by atoms with E-state index in [0.29, 0.717) is 0 Å². The molecule has 0 saturated carbocycles. The summed E-state index contributed by atoms with van der Waals surface area (Å²) >= 11 is 0. The molecule has 1 aliphatic heterocycles. The molecule has 0 aliphatic carbocycles. The van der Waals surface area contributed by atoms with Gasteiger partial charge in [0.2, 0.25) is 0 Å². The van der Waals surface area contributed by atoms with Crippen LogP contribution in [0.2, 0.25) is 0 Å². The molecular formula is C26H30FN3O3. The molecule has 1 amide bonds. The lowest BCUT2D eigenvalue weighted by Crippen LogP contribution is -2.44. The number of nitrogens with zero attached hydrogens (tertiary/aromatic N) is 2. The highest BCUT2D eigenvalue weighted by Crippen LogP contribution is 2.21. The number of amides is 1. The van der Waals surface area contributed by atoms with Gasteiger partial charge in [0.15, 0.2) is 11.6 Å². The Morgan fingerprint density at radius 3 is 2.45 bits per heavy atom. The lowest BCUT2D eigenvalue weighted by molar-refractivity contribution is 0.0918. The lowest BCUT2D eigenvalue weighted by atomic mass is 10.0. The van der Waals surface area contributed by atoms with Crippen molar-refractivity contribution in [1.29, 1.82) is 0 Å². The van der Waals surface area contributed by atoms with Crippen LogP contribution in [0.3, 0.4) is 0 Å². The zero-order valence-corrected chi connectivity index (χ0v) is 19.3. The van der Waals surface area contributed by atoms with Crippen LogP contribution >= 0.6 is 0 Å². The first-order chi connectivity index (χ1) is 16.0. The molecule has 0 spiro atoms. The van der Waals surface area contributed by atoms with Crippen molar-refractivity contribution in [3.63, 3.8) is 0 Å². The van der Waals surface area contributed by atoms with E-state index in [0.717, 1.165) is 48.7 Å². The first-order valence-electron chi connectivity index (χ1n) is 10.8. The summed E-state index contributed by atoms with van der Waals surface area (Å²) in [6.45, 7) is 5.72. The van der Waals surface area contributed by atoms with E-state index in [4.69, 9.17) is 9.47 Å². The lowest BCUT2D eigenvalue weighted by Gasteiger charge is -2.34. The number of likely N-dealkylation sites (tertiary alicyclic amines) is 1. The Labute approximate surface area is 194 Å². The number of nitrogens with one attached hydrogen (secondary N) is 1. The molecule has 3 rings (SSSR count). The van der Waals surface area contributed by atoms with Gasteiger partial charge in [0, 0.05) is 43.0 Å². The van der Waals surface area contributed by atoms with E-state index in [-0.39, 0.29) is 23.3 Å². The van der Waals surface area contributed by atoms with Gasteiger partial charge in [0.25, 0.3) is 5.91 Å². The number of carbonyl (C=O) groups excluding carboxylic acids is 1. The van der Waals surface area contributed by atoms with E-state index < -0.39 is 5.82 Å². The van der Waals surface area contributed by atoms with Gasteiger partial charge < -0.3 is 19.7 Å². The predicted molar refractivity (Wildman–Crippen MR) is 129 cm³/mol. The van der Waals surface area contributed by atoms with E-state index >= 15 is 0 Å². The topological polar surface area (TPSA) is 63.2 Å². The second kappa shape index (κ2) is 11.3. The van der Waals surface area contributed by atoms with Gasteiger partial charge in [0.05, 0.1) is 19.9 Å². The van der Waals surface area contributed by atoms with Crippen LogP contribution in [-0.2, 0) is 0 Å². The first kappa shape index (κ1) is 24.0. The van der Waals surface area contributed by atoms with E-state index in [1.165, 1.54) is 19.2 Å². The molecule has 1 heterocycles. The Morgan fingerprint density at radius 1 is 1.12 bits per heavy atom. The molecule has 0 bridgehead atoms. The van der Waals surface area contributed by atoms with Gasteiger partial charge in [-0.3, -0.25) is 9.79 Å². The van der Waals surface area contributed by atoms with Crippen LogP contribution in [0, 0.1) is 5.82 Å². The maximum Gasteiger partial charge on any atom is 0.251 e. The maximum atomic E-state index is 13.9. The number of benzene rings is 2. The van der Waals surface area contributed by atoms with E-state index in [9.17, 15) is 9.18 Å². The van der Waals surface area contributed by atoms with Crippen molar-refractivity contribution >= 4 is 11.6 Å². The van der Waals surface area contributed by atoms with E-state index in [1.54, 1.807) is 20.2 Å². The normalized spacial score (nSPS) is 14.9. The van der Waals surface area contributed by atoms with Crippen molar-refractivity contribution in [3.8, 4) is 11.5 Å². The molecule has 7 heteroatoms. The maximum absolute atomic E-state index is 13.9. The molecule has 1 N–H and O–H groups in total. The summed E-state index contributed by atoms with van der Waals surface area (Å²) in [6, 6.07) is 12.0. The number of aliphatic imine (C=N–C) groups is 1. The molecule has 1 fully saturated rings. The molecule has 2 aromatic rings. The second-order valence-corrected chi connectivity index (χ2v) is 7.72. The third-order valence-electron chi connectivity index (χ3n) is 5.71. The van der Waals surface area contributed by atoms with Crippen molar-refractivity contribution in [1.82, 2.24) is 10.2 Å². The number of hydrogen-bond acceptors (Lipinski definition) is 5. The zero-order chi connectivity index (χ0) is 23.8. The molecule has 174 valence electrons. The van der Waals surface area contributed by atoms with Crippen LogP contribution in [0.1, 0.15) is 28.8 Å². The van der Waals surface area contributed by atoms with Gasteiger partial charge in [-0.25, -0.2) is 4.39 Å². The minimum absolute atomic E-state index is 0.0250. The minimum atomic E-state index is -0.550. The van der Waals surface area contributed by atoms with E-state index in [1.807, 2.05) is 36.4 Å². The molecule has 33 heavy (non-hydrogen) atoms. The summed E-state index contributed by atoms with van der Waals surface area (Å²) in [6.07, 6.45) is 5.44. The highest BCUT2D eigenvalue weighted by molar-refractivity contribution is 6.10. The van der Waals surface area contributed by atoms with Gasteiger partial charge in [-0.05, 0) is 55.3 Å². The Balaban J connectivity index is 1.54. The van der Waals surface area contributed by atoms with Crippen molar-refractivity contribution < 1.29 is 18.7 Å². The van der Waals surface area contributed by atoms with Gasteiger partial charge in [-0.2, -0.15) is 0 Å². The fourth-order valence-corrected chi connectivity index (χ4v) is 3.81. The molecule has 1 aliphatic rings. The summed E-state index contributed by atoms with van der Waals surface area (Å²) in [5, 5.41) is 3.00. The van der Waals surface area contributed by atoms with Crippen molar-refractivity contribution in [2.75, 3.05) is 34.4 Å². The Kier molecular flexibility index (Phi) is 8.24. The average Bonchev–Trinajstić information content (AvgIpc) is 2.84. The molecule has 0 aromatic heterocycles. The zero-order valence-electron chi connectivity index (χ0n) is 19.3. The average molecular weight is 452 g/mol. The van der Waals surface area contributed by atoms with Crippen molar-refractivity contribution in [3.05, 3.63) is 83.8 Å². The summed E-state index contributed by atoms with van der Waals surface area (Å²) < 4.78 is 24.2. The molecule has 0 unspecified atom stereocenters. The first-order valence-corrected chi connectivity index (χ1v) is 10.8. The van der Waals surface area contributed by atoms with Crippen LogP contribution in [0.15, 0.2) is 71.9 Å². The Morgan fingerprint density at radius 2 is 1.82 bits per heavy atom. The standard InChI is InChI=1S/C26H30FN3O3/c1-18(9-11-23(28-2)21-7-5-6-8-24(21)32-3)30-15-13-20(14-16-30)29-26(31)19-10-12-25(33-4)22(27)17-19/h5-12,17,20H,1,13-16H2,2-4H3,(H,29,31)/b11-9-,28-23?. The number of rotatable bonds is 8. The Bertz CT molecular complexity index is 1060. The molecule has 6 nitrogen and oxygen atoms in total. The Hall–Kier alpha value is -3.61. The quantitative estimate of drug-likeness (QED) is 0.482.